The Kier molecular flexibility index (Phi) is 6.08. The van der Waals surface area contributed by atoms with Gasteiger partial charge in [-0.1, -0.05) is 6.92 Å². The summed E-state index contributed by atoms with van der Waals surface area (Å²) in [5.74, 6) is 1.06. The number of imidazole rings is 1. The number of nitrogens with one attached hydrogen (secondary N) is 3. The lowest BCUT2D eigenvalue weighted by Crippen LogP contribution is -2.53. The lowest BCUT2D eigenvalue weighted by Gasteiger charge is -2.36. The van der Waals surface area contributed by atoms with E-state index in [1.807, 2.05) is 39.5 Å². The summed E-state index contributed by atoms with van der Waals surface area (Å²) in [6.45, 7) is 11.3. The first-order valence-electron chi connectivity index (χ1n) is 9.11. The Morgan fingerprint density at radius 3 is 2.76 bits per heavy atom. The third kappa shape index (κ3) is 5.47. The highest BCUT2D eigenvalue weighted by atomic mass is 16.2. The third-order valence-corrected chi connectivity index (χ3v) is 4.49. The number of carbonyl (C=O) groups is 2. The number of aromatic nitrogens is 2. The van der Waals surface area contributed by atoms with Crippen LogP contribution in [0.2, 0.25) is 0 Å². The number of piperidine rings is 1. The van der Waals surface area contributed by atoms with Crippen molar-refractivity contribution in [3.8, 4) is 0 Å². The zero-order chi connectivity index (χ0) is 18.6. The van der Waals surface area contributed by atoms with Gasteiger partial charge in [0.25, 0.3) is 5.91 Å². The quantitative estimate of drug-likeness (QED) is 0.779. The maximum absolute atomic E-state index is 12.7. The van der Waals surface area contributed by atoms with Gasteiger partial charge in [-0.2, -0.15) is 0 Å². The molecule has 1 aliphatic heterocycles. The molecule has 0 radical (unpaired) electrons. The van der Waals surface area contributed by atoms with Crippen molar-refractivity contribution in [2.45, 2.75) is 65.5 Å². The largest absolute Gasteiger partial charge is 0.338 e. The highest BCUT2D eigenvalue weighted by Crippen LogP contribution is 2.21. The molecule has 140 valence electrons. The second-order valence-corrected chi connectivity index (χ2v) is 7.89. The van der Waals surface area contributed by atoms with Gasteiger partial charge in [0.1, 0.15) is 11.5 Å². The Labute approximate surface area is 150 Å². The van der Waals surface area contributed by atoms with Gasteiger partial charge >= 0.3 is 6.03 Å². The number of rotatable bonds is 4. The minimum absolute atomic E-state index is 0.00548. The lowest BCUT2D eigenvalue weighted by molar-refractivity contribution is 0.0648. The van der Waals surface area contributed by atoms with E-state index in [2.05, 4.69) is 20.6 Å². The van der Waals surface area contributed by atoms with E-state index in [4.69, 9.17) is 0 Å². The van der Waals surface area contributed by atoms with E-state index in [1.165, 1.54) is 0 Å². The highest BCUT2D eigenvalue weighted by Gasteiger charge is 2.29. The number of H-pyrrole nitrogens is 1. The molecule has 3 N–H and O–H groups in total. The summed E-state index contributed by atoms with van der Waals surface area (Å²) in [5, 5.41) is 5.92. The van der Waals surface area contributed by atoms with Crippen LogP contribution < -0.4 is 10.6 Å². The summed E-state index contributed by atoms with van der Waals surface area (Å²) in [5.41, 5.74) is 0.277. The van der Waals surface area contributed by atoms with Gasteiger partial charge < -0.3 is 20.5 Å². The van der Waals surface area contributed by atoms with Crippen molar-refractivity contribution in [2.75, 3.05) is 13.1 Å². The predicted octanol–water partition coefficient (Wildman–Crippen LogP) is 2.31. The average molecular weight is 349 g/mol. The Hall–Kier alpha value is -2.05. The molecular weight excluding hydrogens is 318 g/mol. The fraction of sp³-hybridized carbons (Fsp3) is 0.722. The zero-order valence-corrected chi connectivity index (χ0v) is 16.0. The third-order valence-electron chi connectivity index (χ3n) is 4.49. The van der Waals surface area contributed by atoms with E-state index >= 15 is 0 Å². The van der Waals surface area contributed by atoms with Crippen LogP contribution in [0.25, 0.3) is 0 Å². The molecule has 0 spiro atoms. The van der Waals surface area contributed by atoms with Gasteiger partial charge in [0.15, 0.2) is 0 Å². The molecule has 1 aromatic rings. The predicted molar refractivity (Wildman–Crippen MR) is 97.5 cm³/mol. The van der Waals surface area contributed by atoms with Crippen LogP contribution >= 0.6 is 0 Å². The standard InChI is InChI=1S/C18H31N5O2/c1-6-15-19-10-14(21-15)16(24)23-9-7-8-13(11-23)12(2)20-17(25)22-18(3,4)5/h10,12-13H,6-9,11H2,1-5H3,(H,19,21)(H2,20,22,25)/t12-,13+/m1/s1. The number of aryl methyl sites for hydroxylation is 1. The van der Waals surface area contributed by atoms with Gasteiger partial charge in [-0.25, -0.2) is 9.78 Å². The van der Waals surface area contributed by atoms with E-state index in [1.54, 1.807) is 6.20 Å². The van der Waals surface area contributed by atoms with Crippen molar-refractivity contribution < 1.29 is 9.59 Å². The summed E-state index contributed by atoms with van der Waals surface area (Å²) < 4.78 is 0. The maximum Gasteiger partial charge on any atom is 0.315 e. The van der Waals surface area contributed by atoms with Crippen LogP contribution in [-0.4, -0.2) is 51.5 Å². The monoisotopic (exact) mass is 349 g/mol. The number of hydrogen-bond donors (Lipinski definition) is 3. The van der Waals surface area contributed by atoms with E-state index in [9.17, 15) is 9.59 Å². The Balaban J connectivity index is 1.93. The number of nitrogens with zero attached hydrogens (tertiary/aromatic N) is 2. The van der Waals surface area contributed by atoms with Crippen LogP contribution in [0.3, 0.4) is 0 Å². The molecule has 0 bridgehead atoms. The van der Waals surface area contributed by atoms with Crippen LogP contribution in [0, 0.1) is 5.92 Å². The molecule has 7 heteroatoms. The second kappa shape index (κ2) is 7.89. The molecule has 3 amide bonds. The van der Waals surface area contributed by atoms with Crippen LogP contribution in [0.5, 0.6) is 0 Å². The first kappa shape index (κ1) is 19.3. The smallest absolute Gasteiger partial charge is 0.315 e. The van der Waals surface area contributed by atoms with Crippen LogP contribution in [0.4, 0.5) is 4.79 Å². The molecule has 7 nitrogen and oxygen atoms in total. The number of carbonyl (C=O) groups excluding carboxylic acids is 2. The Bertz CT molecular complexity index is 605. The van der Waals surface area contributed by atoms with Crippen LogP contribution in [0.1, 0.15) is 63.8 Å². The Morgan fingerprint density at radius 2 is 2.16 bits per heavy atom. The molecule has 1 aromatic heterocycles. The minimum Gasteiger partial charge on any atom is -0.338 e. The van der Waals surface area contributed by atoms with Gasteiger partial charge in [0, 0.05) is 31.1 Å². The molecular formula is C18H31N5O2. The maximum atomic E-state index is 12.7. The molecule has 1 aliphatic rings. The minimum atomic E-state index is -0.268. The SMILES string of the molecule is CCc1ncc(C(=O)N2CCC[C@H]([C@@H](C)NC(=O)NC(C)(C)C)C2)[nH]1. The molecule has 1 saturated heterocycles. The van der Waals surface area contributed by atoms with Crippen molar-refractivity contribution in [3.05, 3.63) is 17.7 Å². The molecule has 25 heavy (non-hydrogen) atoms. The first-order chi connectivity index (χ1) is 11.7. The fourth-order valence-corrected chi connectivity index (χ4v) is 3.13. The van der Waals surface area contributed by atoms with E-state index in [0.717, 1.165) is 31.6 Å². The van der Waals surface area contributed by atoms with Crippen molar-refractivity contribution in [2.24, 2.45) is 5.92 Å². The molecule has 0 saturated carbocycles. The van der Waals surface area contributed by atoms with E-state index < -0.39 is 0 Å². The molecule has 2 rings (SSSR count). The summed E-state index contributed by atoms with van der Waals surface area (Å²) in [6, 6.07) is -0.157. The number of urea groups is 1. The molecule has 0 unspecified atom stereocenters. The number of hydrogen-bond acceptors (Lipinski definition) is 3. The number of likely N-dealkylation sites (tertiary alicyclic amines) is 1. The molecule has 0 aromatic carbocycles. The highest BCUT2D eigenvalue weighted by molar-refractivity contribution is 5.92. The molecule has 2 atom stereocenters. The van der Waals surface area contributed by atoms with Crippen LogP contribution in [-0.2, 0) is 6.42 Å². The lowest BCUT2D eigenvalue weighted by atomic mass is 9.91. The van der Waals surface area contributed by atoms with Gasteiger partial charge in [0.05, 0.1) is 6.20 Å². The first-order valence-corrected chi connectivity index (χ1v) is 9.11. The second-order valence-electron chi connectivity index (χ2n) is 7.89. The molecule has 0 aliphatic carbocycles. The summed E-state index contributed by atoms with van der Waals surface area (Å²) in [7, 11) is 0. The van der Waals surface area contributed by atoms with Gasteiger partial charge in [0.2, 0.25) is 0 Å². The van der Waals surface area contributed by atoms with Crippen LogP contribution in [0.15, 0.2) is 6.20 Å². The molecule has 1 fully saturated rings. The Morgan fingerprint density at radius 1 is 1.44 bits per heavy atom. The van der Waals surface area contributed by atoms with Crippen molar-refractivity contribution in [1.82, 2.24) is 25.5 Å². The zero-order valence-electron chi connectivity index (χ0n) is 16.0. The van der Waals surface area contributed by atoms with Gasteiger partial charge in [-0.3, -0.25) is 4.79 Å². The summed E-state index contributed by atoms with van der Waals surface area (Å²) in [4.78, 5) is 33.9. The summed E-state index contributed by atoms with van der Waals surface area (Å²) in [6.07, 6.45) is 4.34. The van der Waals surface area contributed by atoms with Gasteiger partial charge in [-0.05, 0) is 46.5 Å². The molecule has 2 heterocycles. The average Bonchev–Trinajstić information content (AvgIpc) is 3.01. The van der Waals surface area contributed by atoms with E-state index in [-0.39, 0.29) is 29.4 Å². The van der Waals surface area contributed by atoms with Crippen molar-refractivity contribution in [3.63, 3.8) is 0 Å². The van der Waals surface area contributed by atoms with Crippen molar-refractivity contribution in [1.29, 1.82) is 0 Å². The topological polar surface area (TPSA) is 90.1 Å². The normalized spacial score (nSPS) is 19.4. The van der Waals surface area contributed by atoms with Crippen molar-refractivity contribution >= 4 is 11.9 Å². The van der Waals surface area contributed by atoms with Gasteiger partial charge in [-0.15, -0.1) is 0 Å². The number of aromatic amines is 1. The summed E-state index contributed by atoms with van der Waals surface area (Å²) >= 11 is 0. The number of amides is 3. The fourth-order valence-electron chi connectivity index (χ4n) is 3.13. The van der Waals surface area contributed by atoms with E-state index in [0.29, 0.717) is 12.2 Å².